The second kappa shape index (κ2) is 9.87. The zero-order chi connectivity index (χ0) is 21.7. The summed E-state index contributed by atoms with van der Waals surface area (Å²) in [6, 6.07) is 13.7. The molecule has 0 aliphatic heterocycles. The van der Waals surface area contributed by atoms with E-state index in [0.29, 0.717) is 53.4 Å². The van der Waals surface area contributed by atoms with Crippen LogP contribution in [0.1, 0.15) is 42.5 Å². The quantitative estimate of drug-likeness (QED) is 0.502. The summed E-state index contributed by atoms with van der Waals surface area (Å²) in [5.74, 6) is 0.403. The summed E-state index contributed by atoms with van der Waals surface area (Å²) in [5, 5.41) is 1.07. The van der Waals surface area contributed by atoms with Crippen LogP contribution in [0, 0.1) is 0 Å². The van der Waals surface area contributed by atoms with Gasteiger partial charge in [-0.05, 0) is 50.6 Å². The Morgan fingerprint density at radius 3 is 2.70 bits per heavy atom. The maximum atomic E-state index is 13.4. The van der Waals surface area contributed by atoms with Gasteiger partial charge in [-0.2, -0.15) is 0 Å². The van der Waals surface area contributed by atoms with E-state index in [1.807, 2.05) is 32.0 Å². The lowest BCUT2D eigenvalue weighted by Crippen LogP contribution is -2.38. The summed E-state index contributed by atoms with van der Waals surface area (Å²) in [4.78, 5) is 32.9. The van der Waals surface area contributed by atoms with E-state index in [2.05, 4.69) is 0 Å². The van der Waals surface area contributed by atoms with Crippen molar-refractivity contribution in [1.29, 1.82) is 0 Å². The smallest absolute Gasteiger partial charge is 0.261 e. The van der Waals surface area contributed by atoms with Gasteiger partial charge in [-0.3, -0.25) is 14.2 Å². The van der Waals surface area contributed by atoms with Gasteiger partial charge in [-0.15, -0.1) is 0 Å². The molecule has 0 saturated carbocycles. The molecule has 0 radical (unpaired) electrons. The average Bonchev–Trinajstić information content (AvgIpc) is 2.76. The molecular formula is C23H26ClN3O3. The molecule has 1 aromatic heterocycles. The summed E-state index contributed by atoms with van der Waals surface area (Å²) < 4.78 is 6.81. The Labute approximate surface area is 181 Å². The molecule has 2 aromatic carbocycles. The monoisotopic (exact) mass is 427 g/mol. The fourth-order valence-electron chi connectivity index (χ4n) is 3.59. The SMILES string of the molecule is CCn1c(C(C)N(CCCOC)C(=O)c2cccc(Cl)c2)nc2ccccc2c1=O. The summed E-state index contributed by atoms with van der Waals surface area (Å²) in [6.07, 6.45) is 0.664. The van der Waals surface area contributed by atoms with Gasteiger partial charge < -0.3 is 9.64 Å². The lowest BCUT2D eigenvalue weighted by Gasteiger charge is -2.30. The third-order valence-electron chi connectivity index (χ3n) is 5.13. The maximum Gasteiger partial charge on any atom is 0.261 e. The summed E-state index contributed by atoms with van der Waals surface area (Å²) in [6.45, 7) is 5.26. The maximum absolute atomic E-state index is 13.4. The Morgan fingerprint density at radius 2 is 2.00 bits per heavy atom. The van der Waals surface area contributed by atoms with E-state index in [-0.39, 0.29) is 11.5 Å². The minimum absolute atomic E-state index is 0.100. The Morgan fingerprint density at radius 1 is 1.23 bits per heavy atom. The Kier molecular flexibility index (Phi) is 7.24. The van der Waals surface area contributed by atoms with Crippen LogP contribution in [0.15, 0.2) is 53.3 Å². The average molecular weight is 428 g/mol. The summed E-state index contributed by atoms with van der Waals surface area (Å²) in [7, 11) is 1.63. The number of hydrogen-bond acceptors (Lipinski definition) is 4. The van der Waals surface area contributed by atoms with Crippen molar-refractivity contribution in [3.63, 3.8) is 0 Å². The number of methoxy groups -OCH3 is 1. The van der Waals surface area contributed by atoms with Gasteiger partial charge in [0.1, 0.15) is 5.82 Å². The Hall–Kier alpha value is -2.70. The van der Waals surface area contributed by atoms with Crippen molar-refractivity contribution < 1.29 is 9.53 Å². The van der Waals surface area contributed by atoms with Crippen LogP contribution < -0.4 is 5.56 Å². The van der Waals surface area contributed by atoms with Crippen molar-refractivity contribution in [2.45, 2.75) is 32.9 Å². The zero-order valence-corrected chi connectivity index (χ0v) is 18.2. The number of benzene rings is 2. The van der Waals surface area contributed by atoms with E-state index in [1.165, 1.54) is 0 Å². The molecule has 0 aliphatic carbocycles. The second-order valence-corrected chi connectivity index (χ2v) is 7.50. The number of hydrogen-bond donors (Lipinski definition) is 0. The molecule has 0 spiro atoms. The van der Waals surface area contributed by atoms with Gasteiger partial charge in [0, 0.05) is 37.4 Å². The van der Waals surface area contributed by atoms with Crippen molar-refractivity contribution in [2.24, 2.45) is 0 Å². The number of rotatable bonds is 8. The van der Waals surface area contributed by atoms with Gasteiger partial charge >= 0.3 is 0 Å². The van der Waals surface area contributed by atoms with Crippen LogP contribution in [0.25, 0.3) is 10.9 Å². The Bertz CT molecular complexity index is 1100. The first kappa shape index (κ1) is 22.0. The van der Waals surface area contributed by atoms with Crippen LogP contribution in [0.4, 0.5) is 0 Å². The zero-order valence-electron chi connectivity index (χ0n) is 17.5. The molecule has 7 heteroatoms. The number of amides is 1. The minimum Gasteiger partial charge on any atom is -0.385 e. The summed E-state index contributed by atoms with van der Waals surface area (Å²) in [5.41, 5.74) is 1.02. The largest absolute Gasteiger partial charge is 0.385 e. The molecule has 1 atom stereocenters. The molecule has 1 amide bonds. The van der Waals surface area contributed by atoms with Gasteiger partial charge in [0.05, 0.1) is 16.9 Å². The van der Waals surface area contributed by atoms with E-state index in [4.69, 9.17) is 21.3 Å². The molecule has 6 nitrogen and oxygen atoms in total. The van der Waals surface area contributed by atoms with Crippen LogP contribution in [0.3, 0.4) is 0 Å². The van der Waals surface area contributed by atoms with Crippen molar-refractivity contribution in [3.05, 3.63) is 75.3 Å². The first-order chi connectivity index (χ1) is 14.5. The lowest BCUT2D eigenvalue weighted by atomic mass is 10.1. The molecule has 1 unspecified atom stereocenters. The van der Waals surface area contributed by atoms with E-state index in [1.54, 1.807) is 46.9 Å². The predicted molar refractivity (Wildman–Crippen MR) is 119 cm³/mol. The first-order valence-electron chi connectivity index (χ1n) is 10.0. The highest BCUT2D eigenvalue weighted by atomic mass is 35.5. The Balaban J connectivity index is 2.07. The predicted octanol–water partition coefficient (Wildman–Crippen LogP) is 4.31. The van der Waals surface area contributed by atoms with Crippen molar-refractivity contribution in [3.8, 4) is 0 Å². The molecule has 0 fully saturated rings. The standard InChI is InChI=1S/C23H26ClN3O3/c1-4-26-21(25-20-12-6-5-11-19(20)23(26)29)16(2)27(13-8-14-30-3)22(28)17-9-7-10-18(24)15-17/h5-7,9-12,15-16H,4,8,13-14H2,1-3H3. The fourth-order valence-corrected chi connectivity index (χ4v) is 3.78. The molecule has 0 saturated heterocycles. The minimum atomic E-state index is -0.411. The van der Waals surface area contributed by atoms with E-state index in [0.717, 1.165) is 0 Å². The van der Waals surface area contributed by atoms with Gasteiger partial charge in [0.25, 0.3) is 11.5 Å². The van der Waals surface area contributed by atoms with Crippen molar-refractivity contribution >= 4 is 28.4 Å². The van der Waals surface area contributed by atoms with Gasteiger partial charge in [-0.1, -0.05) is 29.8 Å². The number of carbonyl (C=O) groups is 1. The molecule has 3 rings (SSSR count). The normalized spacial score (nSPS) is 12.1. The van der Waals surface area contributed by atoms with Gasteiger partial charge in [0.15, 0.2) is 0 Å². The molecule has 1 heterocycles. The number of fused-ring (bicyclic) bond motifs is 1. The first-order valence-corrected chi connectivity index (χ1v) is 10.4. The van der Waals surface area contributed by atoms with E-state index >= 15 is 0 Å². The van der Waals surface area contributed by atoms with E-state index < -0.39 is 6.04 Å². The summed E-state index contributed by atoms with van der Waals surface area (Å²) >= 11 is 6.10. The topological polar surface area (TPSA) is 64.4 Å². The van der Waals surface area contributed by atoms with Crippen LogP contribution in [-0.2, 0) is 11.3 Å². The number of carbonyl (C=O) groups excluding carboxylic acids is 1. The number of nitrogens with zero attached hydrogens (tertiary/aromatic N) is 3. The molecular weight excluding hydrogens is 402 g/mol. The molecule has 0 aliphatic rings. The van der Waals surface area contributed by atoms with Crippen molar-refractivity contribution in [1.82, 2.24) is 14.5 Å². The lowest BCUT2D eigenvalue weighted by molar-refractivity contribution is 0.0655. The van der Waals surface area contributed by atoms with Crippen LogP contribution in [0.2, 0.25) is 5.02 Å². The number of ether oxygens (including phenoxy) is 1. The highest BCUT2D eigenvalue weighted by Gasteiger charge is 2.26. The van der Waals surface area contributed by atoms with Gasteiger partial charge in [0.2, 0.25) is 0 Å². The van der Waals surface area contributed by atoms with Crippen molar-refractivity contribution in [2.75, 3.05) is 20.3 Å². The second-order valence-electron chi connectivity index (χ2n) is 7.07. The number of aromatic nitrogens is 2. The molecule has 158 valence electrons. The third-order valence-corrected chi connectivity index (χ3v) is 5.36. The van der Waals surface area contributed by atoms with E-state index in [9.17, 15) is 9.59 Å². The number of para-hydroxylation sites is 1. The van der Waals surface area contributed by atoms with Crippen LogP contribution in [0.5, 0.6) is 0 Å². The molecule has 0 bridgehead atoms. The highest BCUT2D eigenvalue weighted by Crippen LogP contribution is 2.23. The highest BCUT2D eigenvalue weighted by molar-refractivity contribution is 6.30. The molecule has 3 aromatic rings. The van der Waals surface area contributed by atoms with Crippen LogP contribution >= 0.6 is 11.6 Å². The third kappa shape index (κ3) is 4.55. The molecule has 30 heavy (non-hydrogen) atoms. The van der Waals surface area contributed by atoms with Gasteiger partial charge in [-0.25, -0.2) is 4.98 Å². The molecule has 0 N–H and O–H groups in total. The number of halogens is 1. The van der Waals surface area contributed by atoms with Crippen LogP contribution in [-0.4, -0.2) is 40.6 Å². The fraction of sp³-hybridized carbons (Fsp3) is 0.348.